The van der Waals surface area contributed by atoms with Crippen LogP contribution in [0.15, 0.2) is 41.3 Å². The first-order chi connectivity index (χ1) is 9.47. The van der Waals surface area contributed by atoms with E-state index in [1.807, 2.05) is 0 Å². The van der Waals surface area contributed by atoms with Gasteiger partial charge in [-0.3, -0.25) is 4.79 Å². The molecule has 0 unspecified atom stereocenters. The Balaban J connectivity index is 2.13. The van der Waals surface area contributed by atoms with Gasteiger partial charge in [-0.1, -0.05) is 6.07 Å². The molecule has 2 aromatic carbocycles. The Bertz CT molecular complexity index is 662. The molecule has 1 amide bonds. The minimum Gasteiger partial charge on any atom is -0.398 e. The molecule has 104 valence electrons. The summed E-state index contributed by atoms with van der Waals surface area (Å²) in [7, 11) is 0. The van der Waals surface area contributed by atoms with E-state index in [-0.39, 0.29) is 0 Å². The van der Waals surface area contributed by atoms with Gasteiger partial charge in [0, 0.05) is 28.0 Å². The fourth-order valence-electron chi connectivity index (χ4n) is 1.63. The van der Waals surface area contributed by atoms with Crippen molar-refractivity contribution in [2.24, 2.45) is 5.73 Å². The minimum atomic E-state index is -0.614. The summed E-state index contributed by atoms with van der Waals surface area (Å²) in [6.07, 6.45) is 0. The number of carbonyl (C=O) groups is 1. The average Bonchev–Trinajstić information content (AvgIpc) is 2.38. The zero-order chi connectivity index (χ0) is 14.7. The molecule has 0 fully saturated rings. The van der Waals surface area contributed by atoms with Crippen LogP contribution in [-0.2, 0) is 5.75 Å². The minimum absolute atomic E-state index is 0.323. The number of hydrogen-bond acceptors (Lipinski definition) is 3. The van der Waals surface area contributed by atoms with Gasteiger partial charge >= 0.3 is 0 Å². The fraction of sp³-hybridized carbons (Fsp3) is 0.0714. The molecule has 0 atom stereocenters. The summed E-state index contributed by atoms with van der Waals surface area (Å²) in [6, 6.07) is 8.13. The summed E-state index contributed by atoms with van der Waals surface area (Å²) in [5.41, 5.74) is 12.4. The van der Waals surface area contributed by atoms with Gasteiger partial charge < -0.3 is 11.5 Å². The molecule has 4 N–H and O–H groups in total. The van der Waals surface area contributed by atoms with Gasteiger partial charge in [0.2, 0.25) is 5.91 Å². The Kier molecular flexibility index (Phi) is 4.24. The number of primary amides is 1. The summed E-state index contributed by atoms with van der Waals surface area (Å²) >= 11 is 1.20. The lowest BCUT2D eigenvalue weighted by molar-refractivity contribution is 0.100. The third kappa shape index (κ3) is 3.27. The maximum absolute atomic E-state index is 13.5. The third-order valence-corrected chi connectivity index (χ3v) is 3.80. The molecule has 0 aliphatic heterocycles. The highest BCUT2D eigenvalue weighted by atomic mass is 32.2. The molecule has 0 aliphatic carbocycles. The van der Waals surface area contributed by atoms with Crippen LogP contribution < -0.4 is 11.5 Å². The quantitative estimate of drug-likeness (QED) is 0.673. The van der Waals surface area contributed by atoms with Crippen LogP contribution in [0.5, 0.6) is 0 Å². The molecule has 0 radical (unpaired) electrons. The lowest BCUT2D eigenvalue weighted by Gasteiger charge is -2.07. The van der Waals surface area contributed by atoms with E-state index in [0.717, 1.165) is 11.6 Å². The van der Waals surface area contributed by atoms with Gasteiger partial charge in [0.05, 0.1) is 0 Å². The van der Waals surface area contributed by atoms with Gasteiger partial charge in [-0.05, 0) is 29.8 Å². The highest BCUT2D eigenvalue weighted by Gasteiger charge is 2.08. The van der Waals surface area contributed by atoms with Crippen LogP contribution in [0.4, 0.5) is 14.5 Å². The SMILES string of the molecule is NC(=O)c1ccc(CSc2ccc(F)cc2F)c(N)c1. The van der Waals surface area contributed by atoms with E-state index in [4.69, 9.17) is 11.5 Å². The monoisotopic (exact) mass is 294 g/mol. The number of halogens is 2. The van der Waals surface area contributed by atoms with Crippen LogP contribution in [-0.4, -0.2) is 5.91 Å². The van der Waals surface area contributed by atoms with Gasteiger partial charge in [-0.25, -0.2) is 8.78 Å². The summed E-state index contributed by atoms with van der Waals surface area (Å²) in [5, 5.41) is 0. The summed E-state index contributed by atoms with van der Waals surface area (Å²) in [4.78, 5) is 11.3. The number of amides is 1. The molecule has 0 spiro atoms. The van der Waals surface area contributed by atoms with Crippen LogP contribution in [0.1, 0.15) is 15.9 Å². The molecule has 0 saturated heterocycles. The van der Waals surface area contributed by atoms with Gasteiger partial charge in [-0.15, -0.1) is 11.8 Å². The lowest BCUT2D eigenvalue weighted by atomic mass is 10.1. The fourth-order valence-corrected chi connectivity index (χ4v) is 2.56. The number of nitrogen functional groups attached to an aromatic ring is 1. The van der Waals surface area contributed by atoms with Crippen LogP contribution in [0.25, 0.3) is 0 Å². The number of nitrogens with two attached hydrogens (primary N) is 2. The molecule has 0 aromatic heterocycles. The van der Waals surface area contributed by atoms with E-state index in [1.54, 1.807) is 12.1 Å². The van der Waals surface area contributed by atoms with E-state index in [2.05, 4.69) is 0 Å². The Morgan fingerprint density at radius 1 is 1.15 bits per heavy atom. The van der Waals surface area contributed by atoms with Crippen molar-refractivity contribution in [3.05, 3.63) is 59.2 Å². The molecule has 0 saturated carbocycles. The smallest absolute Gasteiger partial charge is 0.248 e. The maximum atomic E-state index is 13.5. The van der Waals surface area contributed by atoms with Crippen molar-refractivity contribution in [2.75, 3.05) is 5.73 Å². The molecule has 6 heteroatoms. The predicted octanol–water partition coefficient (Wildman–Crippen LogP) is 2.94. The summed E-state index contributed by atoms with van der Waals surface area (Å²) in [5.74, 6) is -1.37. The van der Waals surface area contributed by atoms with Crippen molar-refractivity contribution in [3.63, 3.8) is 0 Å². The van der Waals surface area contributed by atoms with Crippen molar-refractivity contribution in [1.29, 1.82) is 0 Å². The van der Waals surface area contributed by atoms with Crippen molar-refractivity contribution < 1.29 is 13.6 Å². The van der Waals surface area contributed by atoms with Crippen LogP contribution in [0, 0.1) is 11.6 Å². The first-order valence-electron chi connectivity index (χ1n) is 5.73. The first-order valence-corrected chi connectivity index (χ1v) is 6.72. The summed E-state index contributed by atoms with van der Waals surface area (Å²) in [6.45, 7) is 0. The zero-order valence-electron chi connectivity index (χ0n) is 10.4. The van der Waals surface area contributed by atoms with E-state index in [0.29, 0.717) is 21.9 Å². The Hall–Kier alpha value is -2.08. The molecule has 20 heavy (non-hydrogen) atoms. The maximum Gasteiger partial charge on any atom is 0.248 e. The zero-order valence-corrected chi connectivity index (χ0v) is 11.2. The first kappa shape index (κ1) is 14.3. The van der Waals surface area contributed by atoms with Gasteiger partial charge in [0.1, 0.15) is 11.6 Å². The number of thioether (sulfide) groups is 1. The average molecular weight is 294 g/mol. The molecule has 2 rings (SSSR count). The highest BCUT2D eigenvalue weighted by molar-refractivity contribution is 7.98. The van der Waals surface area contributed by atoms with Crippen molar-refractivity contribution in [2.45, 2.75) is 10.6 Å². The number of carbonyl (C=O) groups excluding carboxylic acids is 1. The summed E-state index contributed by atoms with van der Waals surface area (Å²) < 4.78 is 26.3. The standard InChI is InChI=1S/C14H12F2N2OS/c15-10-3-4-13(11(16)6-10)20-7-9-2-1-8(14(18)19)5-12(9)17/h1-6H,7,17H2,(H2,18,19). The molecule has 0 heterocycles. The van der Waals surface area contributed by atoms with Gasteiger partial charge in [0.25, 0.3) is 0 Å². The van der Waals surface area contributed by atoms with Crippen LogP contribution >= 0.6 is 11.8 Å². The second-order valence-corrected chi connectivity index (χ2v) is 5.16. The second-order valence-electron chi connectivity index (χ2n) is 4.14. The van der Waals surface area contributed by atoms with E-state index in [1.165, 1.54) is 30.0 Å². The molecule has 2 aromatic rings. The van der Waals surface area contributed by atoms with E-state index in [9.17, 15) is 13.6 Å². The Morgan fingerprint density at radius 3 is 2.50 bits per heavy atom. The number of rotatable bonds is 4. The predicted molar refractivity (Wildman–Crippen MR) is 75.3 cm³/mol. The molecule has 3 nitrogen and oxygen atoms in total. The van der Waals surface area contributed by atoms with Crippen LogP contribution in [0.3, 0.4) is 0 Å². The third-order valence-electron chi connectivity index (χ3n) is 2.71. The normalized spacial score (nSPS) is 10.5. The van der Waals surface area contributed by atoms with E-state index < -0.39 is 17.5 Å². The molecular formula is C14H12F2N2OS. The van der Waals surface area contributed by atoms with E-state index >= 15 is 0 Å². The Morgan fingerprint density at radius 2 is 1.90 bits per heavy atom. The number of hydrogen-bond donors (Lipinski definition) is 2. The topological polar surface area (TPSA) is 69.1 Å². The molecule has 0 aliphatic rings. The van der Waals surface area contributed by atoms with Gasteiger partial charge in [0.15, 0.2) is 0 Å². The second kappa shape index (κ2) is 5.92. The van der Waals surface area contributed by atoms with Crippen molar-refractivity contribution >= 4 is 23.4 Å². The lowest BCUT2D eigenvalue weighted by Crippen LogP contribution is -2.11. The Labute approximate surface area is 119 Å². The van der Waals surface area contributed by atoms with Crippen LogP contribution in [0.2, 0.25) is 0 Å². The molecular weight excluding hydrogens is 282 g/mol. The van der Waals surface area contributed by atoms with Gasteiger partial charge in [-0.2, -0.15) is 0 Å². The van der Waals surface area contributed by atoms with Crippen molar-refractivity contribution in [3.8, 4) is 0 Å². The van der Waals surface area contributed by atoms with Crippen molar-refractivity contribution in [1.82, 2.24) is 0 Å². The largest absolute Gasteiger partial charge is 0.398 e. The highest BCUT2D eigenvalue weighted by Crippen LogP contribution is 2.28. The number of anilines is 1. The molecule has 0 bridgehead atoms. The number of benzene rings is 2.